The first-order chi connectivity index (χ1) is 9.97. The van der Waals surface area contributed by atoms with Gasteiger partial charge in [-0.15, -0.1) is 0 Å². The molecule has 0 aromatic carbocycles. The Morgan fingerprint density at radius 3 is 2.76 bits per heavy atom. The summed E-state index contributed by atoms with van der Waals surface area (Å²) < 4.78 is 5.62. The fourth-order valence-corrected chi connectivity index (χ4v) is 2.29. The highest BCUT2D eigenvalue weighted by atomic mass is 16.5. The van der Waals surface area contributed by atoms with Crippen LogP contribution < -0.4 is 5.32 Å². The average Bonchev–Trinajstić information content (AvgIpc) is 2.49. The van der Waals surface area contributed by atoms with Gasteiger partial charge in [0.2, 0.25) is 0 Å². The first-order valence-electron chi connectivity index (χ1n) is 7.58. The molecule has 0 aromatic rings. The Balaban J connectivity index is 2.47. The van der Waals surface area contributed by atoms with Gasteiger partial charge in [-0.1, -0.05) is 13.8 Å². The van der Waals surface area contributed by atoms with E-state index in [2.05, 4.69) is 17.1 Å². The summed E-state index contributed by atoms with van der Waals surface area (Å²) in [5, 5.41) is 11.7. The molecule has 1 fully saturated rings. The molecule has 0 bridgehead atoms. The number of morpholine rings is 1. The van der Waals surface area contributed by atoms with Gasteiger partial charge in [0.05, 0.1) is 12.7 Å². The number of hydrogen-bond donors (Lipinski definition) is 2. The molecule has 1 aliphatic rings. The van der Waals surface area contributed by atoms with Crippen LogP contribution in [0.15, 0.2) is 0 Å². The topological polar surface area (TPSA) is 82.1 Å². The van der Waals surface area contributed by atoms with Crippen LogP contribution in [0.4, 0.5) is 4.79 Å². The molecule has 2 amide bonds. The summed E-state index contributed by atoms with van der Waals surface area (Å²) in [6.45, 7) is 9.32. The Morgan fingerprint density at radius 1 is 1.48 bits per heavy atom. The minimum absolute atomic E-state index is 0.0359. The number of urea groups is 1. The van der Waals surface area contributed by atoms with Crippen LogP contribution in [-0.2, 0) is 9.53 Å². The van der Waals surface area contributed by atoms with Crippen molar-refractivity contribution < 1.29 is 19.4 Å². The Hall–Kier alpha value is -1.34. The van der Waals surface area contributed by atoms with Gasteiger partial charge in [-0.25, -0.2) is 4.79 Å². The average molecular weight is 301 g/mol. The van der Waals surface area contributed by atoms with Gasteiger partial charge in [0.1, 0.15) is 6.54 Å². The van der Waals surface area contributed by atoms with Crippen LogP contribution in [0, 0.1) is 0 Å². The van der Waals surface area contributed by atoms with Crippen molar-refractivity contribution >= 4 is 12.0 Å². The van der Waals surface area contributed by atoms with Crippen LogP contribution in [0.25, 0.3) is 0 Å². The number of carbonyl (C=O) groups excluding carboxylic acids is 1. The van der Waals surface area contributed by atoms with Crippen molar-refractivity contribution in [3.63, 3.8) is 0 Å². The molecule has 0 radical (unpaired) electrons. The molecule has 1 saturated heterocycles. The van der Waals surface area contributed by atoms with Crippen LogP contribution in [0.5, 0.6) is 0 Å². The normalized spacial score (nSPS) is 20.8. The minimum atomic E-state index is -1.00. The first kappa shape index (κ1) is 17.7. The molecule has 0 spiro atoms. The zero-order valence-electron chi connectivity index (χ0n) is 13.2. The van der Waals surface area contributed by atoms with Gasteiger partial charge in [0.25, 0.3) is 0 Å². The van der Waals surface area contributed by atoms with E-state index in [1.807, 2.05) is 13.8 Å². The van der Waals surface area contributed by atoms with Crippen molar-refractivity contribution in [3.8, 4) is 0 Å². The highest BCUT2D eigenvalue weighted by molar-refractivity contribution is 5.80. The molecular formula is C14H27N3O4. The summed E-state index contributed by atoms with van der Waals surface area (Å²) in [7, 11) is 0. The third kappa shape index (κ3) is 5.89. The Kier molecular flexibility index (Phi) is 7.45. The number of amides is 2. The molecule has 21 heavy (non-hydrogen) atoms. The number of nitrogens with one attached hydrogen (secondary N) is 1. The molecule has 2 unspecified atom stereocenters. The number of ether oxygens (including phenoxy) is 1. The zero-order chi connectivity index (χ0) is 15.8. The standard InChI is InChI=1S/C14H27N3O4/c1-4-11(3)17(10-13(18)19)14(20)15-8-12-9-16(5-2)6-7-21-12/h11-12H,4-10H2,1-3H3,(H,15,20)(H,18,19). The van der Waals surface area contributed by atoms with Crippen molar-refractivity contribution in [2.45, 2.75) is 39.3 Å². The van der Waals surface area contributed by atoms with Gasteiger partial charge in [-0.2, -0.15) is 0 Å². The Morgan fingerprint density at radius 2 is 2.19 bits per heavy atom. The maximum absolute atomic E-state index is 12.2. The molecule has 0 aliphatic carbocycles. The number of hydrogen-bond acceptors (Lipinski definition) is 4. The maximum atomic E-state index is 12.2. The zero-order valence-corrected chi connectivity index (χ0v) is 13.2. The summed E-state index contributed by atoms with van der Waals surface area (Å²) >= 11 is 0. The first-order valence-corrected chi connectivity index (χ1v) is 7.58. The summed E-state index contributed by atoms with van der Waals surface area (Å²) in [6, 6.07) is -0.454. The van der Waals surface area contributed by atoms with Gasteiger partial charge in [0, 0.05) is 25.7 Å². The molecule has 0 aromatic heterocycles. The quantitative estimate of drug-likeness (QED) is 0.719. The molecule has 1 heterocycles. The van der Waals surface area contributed by atoms with Crippen LogP contribution in [0.3, 0.4) is 0 Å². The summed E-state index contributed by atoms with van der Waals surface area (Å²) in [5.41, 5.74) is 0. The van der Waals surface area contributed by atoms with Gasteiger partial charge in [-0.3, -0.25) is 9.69 Å². The monoisotopic (exact) mass is 301 g/mol. The van der Waals surface area contributed by atoms with Crippen LogP contribution >= 0.6 is 0 Å². The summed E-state index contributed by atoms with van der Waals surface area (Å²) in [5.74, 6) is -1.00. The van der Waals surface area contributed by atoms with Crippen LogP contribution in [0.1, 0.15) is 27.2 Å². The van der Waals surface area contributed by atoms with Crippen molar-refractivity contribution in [3.05, 3.63) is 0 Å². The fourth-order valence-electron chi connectivity index (χ4n) is 2.29. The number of likely N-dealkylation sites (N-methyl/N-ethyl adjacent to an activating group) is 1. The van der Waals surface area contributed by atoms with E-state index in [9.17, 15) is 9.59 Å². The Labute approximate surface area is 126 Å². The highest BCUT2D eigenvalue weighted by Gasteiger charge is 2.24. The van der Waals surface area contributed by atoms with Gasteiger partial charge >= 0.3 is 12.0 Å². The lowest BCUT2D eigenvalue weighted by atomic mass is 10.2. The summed E-state index contributed by atoms with van der Waals surface area (Å²) in [4.78, 5) is 26.6. The molecule has 2 atom stereocenters. The van der Waals surface area contributed by atoms with Crippen molar-refractivity contribution in [2.75, 3.05) is 39.3 Å². The number of rotatable bonds is 7. The smallest absolute Gasteiger partial charge is 0.323 e. The van der Waals surface area contributed by atoms with Crippen molar-refractivity contribution in [2.24, 2.45) is 0 Å². The summed E-state index contributed by atoms with van der Waals surface area (Å²) in [6.07, 6.45) is 0.677. The molecule has 122 valence electrons. The van der Waals surface area contributed by atoms with E-state index in [-0.39, 0.29) is 24.7 Å². The number of carboxylic acids is 1. The van der Waals surface area contributed by atoms with E-state index < -0.39 is 5.97 Å². The van der Waals surface area contributed by atoms with Crippen molar-refractivity contribution in [1.29, 1.82) is 0 Å². The second kappa shape index (κ2) is 8.84. The molecule has 2 N–H and O–H groups in total. The van der Waals surface area contributed by atoms with E-state index in [1.54, 1.807) is 0 Å². The molecule has 1 aliphatic heterocycles. The lowest BCUT2D eigenvalue weighted by molar-refractivity contribution is -0.138. The number of aliphatic carboxylic acids is 1. The largest absolute Gasteiger partial charge is 0.480 e. The Bertz CT molecular complexity index is 351. The van der Waals surface area contributed by atoms with Crippen LogP contribution in [-0.4, -0.2) is 78.4 Å². The lowest BCUT2D eigenvalue weighted by Gasteiger charge is -2.33. The molecule has 1 rings (SSSR count). The predicted molar refractivity (Wildman–Crippen MR) is 79.3 cm³/mol. The number of carbonyl (C=O) groups is 2. The molecule has 7 nitrogen and oxygen atoms in total. The third-order valence-electron chi connectivity index (χ3n) is 3.84. The minimum Gasteiger partial charge on any atom is -0.480 e. The highest BCUT2D eigenvalue weighted by Crippen LogP contribution is 2.06. The van der Waals surface area contributed by atoms with E-state index >= 15 is 0 Å². The van der Waals surface area contributed by atoms with Gasteiger partial charge in [0.15, 0.2) is 0 Å². The SMILES string of the molecule is CCC(C)N(CC(=O)O)C(=O)NCC1CN(CC)CCO1. The van der Waals surface area contributed by atoms with Gasteiger partial charge in [-0.05, 0) is 19.9 Å². The number of carboxylic acid groups (broad SMARTS) is 1. The van der Waals surface area contributed by atoms with Gasteiger partial charge < -0.3 is 20.1 Å². The molecular weight excluding hydrogens is 274 g/mol. The van der Waals surface area contributed by atoms with E-state index in [1.165, 1.54) is 4.90 Å². The molecule has 7 heteroatoms. The lowest BCUT2D eigenvalue weighted by Crippen LogP contribution is -2.52. The fraction of sp³-hybridized carbons (Fsp3) is 0.857. The van der Waals surface area contributed by atoms with E-state index in [0.717, 1.165) is 19.6 Å². The number of nitrogens with zero attached hydrogens (tertiary/aromatic N) is 2. The maximum Gasteiger partial charge on any atom is 0.323 e. The van der Waals surface area contributed by atoms with Crippen LogP contribution in [0.2, 0.25) is 0 Å². The van der Waals surface area contributed by atoms with E-state index in [0.29, 0.717) is 19.6 Å². The van der Waals surface area contributed by atoms with Crippen molar-refractivity contribution in [1.82, 2.24) is 15.1 Å². The third-order valence-corrected chi connectivity index (χ3v) is 3.84. The van der Waals surface area contributed by atoms with E-state index in [4.69, 9.17) is 9.84 Å². The second-order valence-corrected chi connectivity index (χ2v) is 5.35. The predicted octanol–water partition coefficient (Wildman–Crippen LogP) is 0.602. The second-order valence-electron chi connectivity index (χ2n) is 5.35. The molecule has 0 saturated carbocycles.